The molecule has 48 valence electrons. The van der Waals surface area contributed by atoms with Crippen molar-refractivity contribution in [2.75, 3.05) is 0 Å². The number of hydrogen-bond donors (Lipinski definition) is 0. The molecule has 0 radical (unpaired) electrons. The van der Waals surface area contributed by atoms with Crippen molar-refractivity contribution in [1.82, 2.24) is 0 Å². The molecule has 1 fully saturated rings. The molecule has 1 saturated carbocycles. The van der Waals surface area contributed by atoms with Crippen molar-refractivity contribution in [2.45, 2.75) is 38.2 Å². The van der Waals surface area contributed by atoms with Crippen LogP contribution >= 0.6 is 16.3 Å². The van der Waals surface area contributed by atoms with Gasteiger partial charge in [-0.3, -0.25) is 0 Å². The molecule has 0 heterocycles. The van der Waals surface area contributed by atoms with E-state index >= 15 is 0 Å². The summed E-state index contributed by atoms with van der Waals surface area (Å²) in [5.74, 6) is 0. The van der Waals surface area contributed by atoms with Crippen LogP contribution in [0.15, 0.2) is 0 Å². The highest BCUT2D eigenvalue weighted by Crippen LogP contribution is 2.33. The molecule has 0 aliphatic heterocycles. The van der Waals surface area contributed by atoms with E-state index in [0.717, 1.165) is 0 Å². The van der Waals surface area contributed by atoms with Crippen LogP contribution in [0, 0.1) is 0 Å². The number of halogens is 1. The molecule has 2 heteroatoms. The van der Waals surface area contributed by atoms with Crippen molar-refractivity contribution >= 4 is 16.3 Å². The van der Waals surface area contributed by atoms with E-state index < -0.39 is 0 Å². The lowest BCUT2D eigenvalue weighted by atomic mass is 10.1. The van der Waals surface area contributed by atoms with Crippen LogP contribution in [0.25, 0.3) is 0 Å². The quantitative estimate of drug-likeness (QED) is 0.601. The Morgan fingerprint density at radius 2 is 1.88 bits per heavy atom. The minimum atomic E-state index is 0.153. The van der Waals surface area contributed by atoms with Gasteiger partial charge in [-0.25, -0.2) is 0 Å². The smallest absolute Gasteiger partial charge is 0.0993 e. The van der Waals surface area contributed by atoms with Gasteiger partial charge in [0, 0.05) is 0 Å². The van der Waals surface area contributed by atoms with E-state index in [4.69, 9.17) is 3.83 Å². The maximum absolute atomic E-state index is 5.11. The summed E-state index contributed by atoms with van der Waals surface area (Å²) < 4.78 is 5.11. The summed E-state index contributed by atoms with van der Waals surface area (Å²) in [6, 6.07) is 0. The fourth-order valence-corrected chi connectivity index (χ4v) is 1.52. The number of hydrogen-bond acceptors (Lipinski definition) is 1. The van der Waals surface area contributed by atoms with Crippen molar-refractivity contribution in [3.63, 3.8) is 0 Å². The Morgan fingerprint density at radius 1 is 1.38 bits per heavy atom. The van der Waals surface area contributed by atoms with E-state index in [9.17, 15) is 0 Å². The second kappa shape index (κ2) is 2.36. The average molecular weight is 179 g/mol. The van der Waals surface area contributed by atoms with Gasteiger partial charge in [0.2, 0.25) is 0 Å². The fraction of sp³-hybridized carbons (Fsp3) is 1.00. The van der Waals surface area contributed by atoms with E-state index in [1.165, 1.54) is 25.7 Å². The second-order valence-corrected chi connectivity index (χ2v) is 3.06. The summed E-state index contributed by atoms with van der Waals surface area (Å²) in [6.45, 7) is 2.15. The lowest BCUT2D eigenvalue weighted by molar-refractivity contribution is 0.140. The van der Waals surface area contributed by atoms with Crippen molar-refractivity contribution in [3.05, 3.63) is 0 Å². The van der Waals surface area contributed by atoms with Crippen LogP contribution in [0.1, 0.15) is 32.6 Å². The summed E-state index contributed by atoms with van der Waals surface area (Å²) in [7, 11) is 0. The van der Waals surface area contributed by atoms with E-state index in [-0.39, 0.29) is 5.60 Å². The summed E-state index contributed by atoms with van der Waals surface area (Å²) in [5.41, 5.74) is 0.153. The highest BCUT2D eigenvalue weighted by molar-refractivity contribution is 9.06. The Morgan fingerprint density at radius 3 is 2.12 bits per heavy atom. The molecule has 0 unspecified atom stereocenters. The third kappa shape index (κ3) is 1.23. The van der Waals surface area contributed by atoms with Gasteiger partial charge >= 0.3 is 0 Å². The van der Waals surface area contributed by atoms with Crippen LogP contribution in [0.4, 0.5) is 0 Å². The first-order chi connectivity index (χ1) is 3.77. The SMILES string of the molecule is CC1(OBr)CCCC1. The maximum Gasteiger partial charge on any atom is 0.0993 e. The highest BCUT2D eigenvalue weighted by Gasteiger charge is 2.28. The molecular formula is C6H11BrO. The minimum Gasteiger partial charge on any atom is -0.302 e. The molecule has 8 heavy (non-hydrogen) atoms. The maximum atomic E-state index is 5.11. The van der Waals surface area contributed by atoms with Crippen LogP contribution in [0.3, 0.4) is 0 Å². The first-order valence-corrected chi connectivity index (χ1v) is 3.71. The van der Waals surface area contributed by atoms with Crippen LogP contribution in [0.2, 0.25) is 0 Å². The van der Waals surface area contributed by atoms with Crippen molar-refractivity contribution in [1.29, 1.82) is 0 Å². The van der Waals surface area contributed by atoms with Crippen LogP contribution in [0.5, 0.6) is 0 Å². The Balaban J connectivity index is 2.40. The zero-order valence-electron chi connectivity index (χ0n) is 5.11. The third-order valence-corrected chi connectivity index (χ3v) is 2.63. The van der Waals surface area contributed by atoms with Gasteiger partial charge in [0.05, 0.1) is 21.9 Å². The monoisotopic (exact) mass is 178 g/mol. The predicted molar refractivity (Wildman–Crippen MR) is 36.9 cm³/mol. The largest absolute Gasteiger partial charge is 0.302 e. The zero-order chi connectivity index (χ0) is 6.04. The van der Waals surface area contributed by atoms with E-state index in [1.807, 2.05) is 0 Å². The summed E-state index contributed by atoms with van der Waals surface area (Å²) in [4.78, 5) is 0. The Labute approximate surface area is 58.9 Å². The first kappa shape index (κ1) is 6.56. The molecular weight excluding hydrogens is 168 g/mol. The predicted octanol–water partition coefficient (Wildman–Crippen LogP) is 2.65. The van der Waals surface area contributed by atoms with E-state index in [2.05, 4.69) is 23.2 Å². The molecule has 0 aromatic carbocycles. The zero-order valence-corrected chi connectivity index (χ0v) is 6.70. The first-order valence-electron chi connectivity index (χ1n) is 3.07. The van der Waals surface area contributed by atoms with Crippen molar-refractivity contribution in [2.24, 2.45) is 0 Å². The van der Waals surface area contributed by atoms with Gasteiger partial charge in [0.15, 0.2) is 0 Å². The summed E-state index contributed by atoms with van der Waals surface area (Å²) in [6.07, 6.45) is 5.06. The van der Waals surface area contributed by atoms with Gasteiger partial charge in [-0.05, 0) is 19.8 Å². The fourth-order valence-electron chi connectivity index (χ4n) is 1.20. The molecule has 0 saturated heterocycles. The lowest BCUT2D eigenvalue weighted by Crippen LogP contribution is -2.18. The van der Waals surface area contributed by atoms with Crippen LogP contribution in [-0.4, -0.2) is 5.60 Å². The second-order valence-electron chi connectivity index (χ2n) is 2.73. The van der Waals surface area contributed by atoms with E-state index in [0.29, 0.717) is 0 Å². The van der Waals surface area contributed by atoms with Gasteiger partial charge in [0.25, 0.3) is 0 Å². The van der Waals surface area contributed by atoms with Gasteiger partial charge in [-0.15, -0.1) is 0 Å². The molecule has 0 amide bonds. The van der Waals surface area contributed by atoms with Gasteiger partial charge in [-0.2, -0.15) is 0 Å². The molecule has 1 rings (SSSR count). The Bertz CT molecular complexity index is 76.6. The Kier molecular flexibility index (Phi) is 1.93. The average Bonchev–Trinajstić information content (AvgIpc) is 2.17. The van der Waals surface area contributed by atoms with Crippen molar-refractivity contribution in [3.8, 4) is 0 Å². The van der Waals surface area contributed by atoms with Crippen molar-refractivity contribution < 1.29 is 3.83 Å². The third-order valence-electron chi connectivity index (χ3n) is 1.85. The molecule has 0 atom stereocenters. The van der Waals surface area contributed by atoms with E-state index in [1.54, 1.807) is 0 Å². The van der Waals surface area contributed by atoms with Gasteiger partial charge in [0.1, 0.15) is 0 Å². The molecule has 1 nitrogen and oxygen atoms in total. The molecule has 0 bridgehead atoms. The van der Waals surface area contributed by atoms with Gasteiger partial charge < -0.3 is 3.83 Å². The van der Waals surface area contributed by atoms with Gasteiger partial charge in [-0.1, -0.05) is 12.8 Å². The summed E-state index contributed by atoms with van der Waals surface area (Å²) >= 11 is 3.03. The lowest BCUT2D eigenvalue weighted by Gasteiger charge is -2.17. The summed E-state index contributed by atoms with van der Waals surface area (Å²) in [5, 5.41) is 0. The number of rotatable bonds is 1. The topological polar surface area (TPSA) is 9.23 Å². The molecule has 0 aromatic rings. The molecule has 0 spiro atoms. The standard InChI is InChI=1S/C6H11BrO/c1-6(8-7)4-2-3-5-6/h2-5H2,1H3. The molecule has 0 N–H and O–H groups in total. The molecule has 0 aromatic heterocycles. The molecule has 1 aliphatic carbocycles. The highest BCUT2D eigenvalue weighted by atomic mass is 79.9. The van der Waals surface area contributed by atoms with Crippen LogP contribution in [-0.2, 0) is 3.83 Å². The normalized spacial score (nSPS) is 26.2. The van der Waals surface area contributed by atoms with Crippen LogP contribution < -0.4 is 0 Å². The Hall–Kier alpha value is 0.440. The minimum absolute atomic E-state index is 0.153. The molecule has 1 aliphatic rings.